The van der Waals surface area contributed by atoms with Gasteiger partial charge in [-0.2, -0.15) is 0 Å². The van der Waals surface area contributed by atoms with E-state index in [9.17, 15) is 4.79 Å². The maximum atomic E-state index is 11.9. The van der Waals surface area contributed by atoms with Crippen LogP contribution in [0.15, 0.2) is 24.3 Å². The van der Waals surface area contributed by atoms with Crippen molar-refractivity contribution in [2.45, 2.75) is 52.1 Å². The first-order valence-electron chi connectivity index (χ1n) is 7.02. The number of esters is 1. The Morgan fingerprint density at radius 3 is 2.74 bits per heavy atom. The molecular weight excluding hydrogens is 240 g/mol. The van der Waals surface area contributed by atoms with Gasteiger partial charge < -0.3 is 9.47 Å². The molecule has 0 bridgehead atoms. The molecule has 0 aliphatic carbocycles. The van der Waals surface area contributed by atoms with Crippen molar-refractivity contribution in [3.8, 4) is 5.75 Å². The highest BCUT2D eigenvalue weighted by atomic mass is 16.5. The molecule has 0 spiro atoms. The Hall–Kier alpha value is -1.51. The van der Waals surface area contributed by atoms with Gasteiger partial charge in [0.15, 0.2) is 0 Å². The zero-order chi connectivity index (χ0) is 14.1. The third-order valence-electron chi connectivity index (χ3n) is 3.08. The normalized spacial score (nSPS) is 11.9. The highest BCUT2D eigenvalue weighted by Gasteiger charge is 2.12. The topological polar surface area (TPSA) is 35.5 Å². The quantitative estimate of drug-likeness (QED) is 0.521. The smallest absolute Gasteiger partial charge is 0.338 e. The second-order valence-electron chi connectivity index (χ2n) is 4.80. The van der Waals surface area contributed by atoms with E-state index in [1.54, 1.807) is 25.3 Å². The molecule has 3 nitrogen and oxygen atoms in total. The Balaban J connectivity index is 2.40. The van der Waals surface area contributed by atoms with Crippen molar-refractivity contribution < 1.29 is 14.3 Å². The van der Waals surface area contributed by atoms with Gasteiger partial charge in [-0.3, -0.25) is 0 Å². The van der Waals surface area contributed by atoms with Gasteiger partial charge in [-0.05, 0) is 38.0 Å². The Morgan fingerprint density at radius 1 is 1.26 bits per heavy atom. The number of hydrogen-bond acceptors (Lipinski definition) is 3. The van der Waals surface area contributed by atoms with E-state index >= 15 is 0 Å². The number of rotatable bonds is 8. The fraction of sp³-hybridized carbons (Fsp3) is 0.562. The van der Waals surface area contributed by atoms with Gasteiger partial charge in [0, 0.05) is 0 Å². The lowest BCUT2D eigenvalue weighted by atomic mass is 10.1. The standard InChI is InChI=1S/C16H24O3/c1-4-5-6-7-9-13(2)19-16(17)14-10-8-11-15(12-14)18-3/h8,10-13H,4-7,9H2,1-3H3/t13-/m0/s1. The van der Waals surface area contributed by atoms with Crippen LogP contribution < -0.4 is 4.74 Å². The second-order valence-corrected chi connectivity index (χ2v) is 4.80. The number of carbonyl (C=O) groups excluding carboxylic acids is 1. The second kappa shape index (κ2) is 8.57. The van der Waals surface area contributed by atoms with Crippen molar-refractivity contribution in [1.29, 1.82) is 0 Å². The predicted molar refractivity (Wildman–Crippen MR) is 76.6 cm³/mol. The number of methoxy groups -OCH3 is 1. The fourth-order valence-corrected chi connectivity index (χ4v) is 1.92. The van der Waals surface area contributed by atoms with Crippen molar-refractivity contribution in [1.82, 2.24) is 0 Å². The van der Waals surface area contributed by atoms with E-state index in [2.05, 4.69) is 6.92 Å². The average molecular weight is 264 g/mol. The minimum absolute atomic E-state index is 0.0319. The van der Waals surface area contributed by atoms with Crippen LogP contribution in [-0.2, 0) is 4.74 Å². The molecular formula is C16H24O3. The fourth-order valence-electron chi connectivity index (χ4n) is 1.92. The Labute approximate surface area is 115 Å². The molecule has 0 unspecified atom stereocenters. The minimum atomic E-state index is -0.276. The summed E-state index contributed by atoms with van der Waals surface area (Å²) >= 11 is 0. The number of carbonyl (C=O) groups is 1. The molecule has 106 valence electrons. The van der Waals surface area contributed by atoms with Gasteiger partial charge in [0.2, 0.25) is 0 Å². The van der Waals surface area contributed by atoms with E-state index in [1.807, 2.05) is 13.0 Å². The van der Waals surface area contributed by atoms with E-state index in [4.69, 9.17) is 9.47 Å². The van der Waals surface area contributed by atoms with Gasteiger partial charge in [0.05, 0.1) is 18.8 Å². The van der Waals surface area contributed by atoms with Gasteiger partial charge in [0.25, 0.3) is 0 Å². The van der Waals surface area contributed by atoms with E-state index in [0.29, 0.717) is 11.3 Å². The zero-order valence-corrected chi connectivity index (χ0v) is 12.1. The molecule has 0 N–H and O–H groups in total. The molecule has 3 heteroatoms. The summed E-state index contributed by atoms with van der Waals surface area (Å²) in [4.78, 5) is 11.9. The molecule has 19 heavy (non-hydrogen) atoms. The Morgan fingerprint density at radius 2 is 2.05 bits per heavy atom. The monoisotopic (exact) mass is 264 g/mol. The van der Waals surface area contributed by atoms with Crippen molar-refractivity contribution >= 4 is 5.97 Å². The van der Waals surface area contributed by atoms with Crippen LogP contribution in [0.1, 0.15) is 56.3 Å². The lowest BCUT2D eigenvalue weighted by Gasteiger charge is -2.13. The van der Waals surface area contributed by atoms with E-state index < -0.39 is 0 Å². The Bertz CT molecular complexity index is 387. The molecule has 0 aliphatic heterocycles. The third-order valence-corrected chi connectivity index (χ3v) is 3.08. The summed E-state index contributed by atoms with van der Waals surface area (Å²) in [6.07, 6.45) is 5.68. The first-order valence-corrected chi connectivity index (χ1v) is 7.02. The molecule has 0 aromatic heterocycles. The lowest BCUT2D eigenvalue weighted by Crippen LogP contribution is -2.15. The van der Waals surface area contributed by atoms with E-state index in [1.165, 1.54) is 19.3 Å². The number of ether oxygens (including phenoxy) is 2. The van der Waals surface area contributed by atoms with E-state index in [-0.39, 0.29) is 12.1 Å². The largest absolute Gasteiger partial charge is 0.497 e. The summed E-state index contributed by atoms with van der Waals surface area (Å²) < 4.78 is 10.5. The summed E-state index contributed by atoms with van der Waals surface area (Å²) in [6, 6.07) is 7.05. The maximum Gasteiger partial charge on any atom is 0.338 e. The first-order chi connectivity index (χ1) is 9.17. The summed E-state index contributed by atoms with van der Waals surface area (Å²) in [5, 5.41) is 0. The number of hydrogen-bond donors (Lipinski definition) is 0. The molecule has 1 rings (SSSR count). The third kappa shape index (κ3) is 5.77. The maximum absolute atomic E-state index is 11.9. The van der Waals surface area contributed by atoms with Crippen LogP contribution in [0.4, 0.5) is 0 Å². The Kier molecular flexibility index (Phi) is 7.01. The molecule has 0 radical (unpaired) electrons. The van der Waals surface area contributed by atoms with Crippen molar-refractivity contribution in [2.75, 3.05) is 7.11 Å². The summed E-state index contributed by atoms with van der Waals surface area (Å²) in [6.45, 7) is 4.14. The van der Waals surface area contributed by atoms with Gasteiger partial charge in [-0.25, -0.2) is 4.79 Å². The lowest BCUT2D eigenvalue weighted by molar-refractivity contribution is 0.0319. The van der Waals surface area contributed by atoms with E-state index in [0.717, 1.165) is 12.8 Å². The zero-order valence-electron chi connectivity index (χ0n) is 12.1. The molecule has 0 saturated carbocycles. The van der Waals surface area contributed by atoms with Gasteiger partial charge in [-0.1, -0.05) is 32.3 Å². The van der Waals surface area contributed by atoms with Crippen LogP contribution in [0.3, 0.4) is 0 Å². The number of benzene rings is 1. The molecule has 0 fully saturated rings. The number of unbranched alkanes of at least 4 members (excludes halogenated alkanes) is 3. The van der Waals surface area contributed by atoms with Gasteiger partial charge >= 0.3 is 5.97 Å². The molecule has 1 aromatic rings. The minimum Gasteiger partial charge on any atom is -0.497 e. The van der Waals surface area contributed by atoms with Crippen molar-refractivity contribution in [2.24, 2.45) is 0 Å². The molecule has 0 saturated heterocycles. The molecule has 1 aromatic carbocycles. The average Bonchev–Trinajstić information content (AvgIpc) is 2.43. The molecule has 1 atom stereocenters. The summed E-state index contributed by atoms with van der Waals surface area (Å²) in [5.41, 5.74) is 0.541. The SMILES string of the molecule is CCCCCC[C@H](C)OC(=O)c1cccc(OC)c1. The first kappa shape index (κ1) is 15.5. The molecule has 0 heterocycles. The highest BCUT2D eigenvalue weighted by molar-refractivity contribution is 5.89. The van der Waals surface area contributed by atoms with Crippen LogP contribution in [-0.4, -0.2) is 19.2 Å². The van der Waals surface area contributed by atoms with Crippen LogP contribution in [0.2, 0.25) is 0 Å². The summed E-state index contributed by atoms with van der Waals surface area (Å²) in [7, 11) is 1.58. The van der Waals surface area contributed by atoms with Crippen LogP contribution >= 0.6 is 0 Å². The molecule has 0 aliphatic rings. The molecule has 0 amide bonds. The summed E-state index contributed by atoms with van der Waals surface area (Å²) in [5.74, 6) is 0.395. The predicted octanol–water partition coefficient (Wildman–Crippen LogP) is 4.21. The van der Waals surface area contributed by atoms with Gasteiger partial charge in [-0.15, -0.1) is 0 Å². The van der Waals surface area contributed by atoms with Crippen LogP contribution in [0.25, 0.3) is 0 Å². The van der Waals surface area contributed by atoms with Crippen molar-refractivity contribution in [3.63, 3.8) is 0 Å². The van der Waals surface area contributed by atoms with Crippen LogP contribution in [0, 0.1) is 0 Å². The van der Waals surface area contributed by atoms with Gasteiger partial charge in [0.1, 0.15) is 5.75 Å². The van der Waals surface area contributed by atoms with Crippen molar-refractivity contribution in [3.05, 3.63) is 29.8 Å². The van der Waals surface area contributed by atoms with Crippen LogP contribution in [0.5, 0.6) is 5.75 Å². The highest BCUT2D eigenvalue weighted by Crippen LogP contribution is 2.15.